The van der Waals surface area contributed by atoms with E-state index in [0.717, 1.165) is 36.8 Å². The van der Waals surface area contributed by atoms with Crippen LogP contribution in [0.3, 0.4) is 0 Å². The minimum Gasteiger partial charge on any atom is -0.325 e. The normalized spacial score (nSPS) is 14.2. The van der Waals surface area contributed by atoms with Gasteiger partial charge in [0.15, 0.2) is 5.78 Å². The number of para-hydroxylation sites is 1. The number of Topliss-reactive ketones (excluding diaryl/α,β-unsaturated/α-hetero) is 1. The highest BCUT2D eigenvalue weighted by molar-refractivity contribution is 6.06. The van der Waals surface area contributed by atoms with Crippen molar-refractivity contribution in [1.29, 1.82) is 0 Å². The van der Waals surface area contributed by atoms with Crippen LogP contribution in [0.25, 0.3) is 11.1 Å². The van der Waals surface area contributed by atoms with Crippen molar-refractivity contribution in [3.05, 3.63) is 89.5 Å². The third-order valence-corrected chi connectivity index (χ3v) is 6.21. The smallest absolute Gasteiger partial charge is 0.227 e. The quantitative estimate of drug-likeness (QED) is 0.464. The van der Waals surface area contributed by atoms with Gasteiger partial charge in [0.1, 0.15) is 0 Å². The number of hydrogen-bond donors (Lipinski definition) is 1. The van der Waals surface area contributed by atoms with Crippen LogP contribution in [0.15, 0.2) is 72.8 Å². The van der Waals surface area contributed by atoms with Gasteiger partial charge in [-0.25, -0.2) is 0 Å². The number of amides is 1. The van der Waals surface area contributed by atoms with Gasteiger partial charge in [-0.2, -0.15) is 0 Å². The number of ketones is 1. The van der Waals surface area contributed by atoms with Crippen molar-refractivity contribution in [2.45, 2.75) is 45.4 Å². The summed E-state index contributed by atoms with van der Waals surface area (Å²) in [6.07, 6.45) is 5.60. The van der Waals surface area contributed by atoms with Gasteiger partial charge in [-0.3, -0.25) is 9.59 Å². The van der Waals surface area contributed by atoms with E-state index in [2.05, 4.69) is 36.5 Å². The highest BCUT2D eigenvalue weighted by Crippen LogP contribution is 2.27. The molecule has 0 bridgehead atoms. The molecule has 1 amide bonds. The maximum absolute atomic E-state index is 13.2. The summed E-state index contributed by atoms with van der Waals surface area (Å²) in [6, 6.07) is 23.8. The van der Waals surface area contributed by atoms with E-state index in [0.29, 0.717) is 17.7 Å². The summed E-state index contributed by atoms with van der Waals surface area (Å²) in [5.74, 6) is 0.116. The molecule has 0 radical (unpaired) electrons. The van der Waals surface area contributed by atoms with Gasteiger partial charge in [0.2, 0.25) is 5.91 Å². The van der Waals surface area contributed by atoms with E-state index in [1.54, 1.807) is 0 Å². The number of benzene rings is 3. The first kappa shape index (κ1) is 21.0. The maximum Gasteiger partial charge on any atom is 0.227 e. The van der Waals surface area contributed by atoms with E-state index in [1.807, 2.05) is 48.5 Å². The summed E-state index contributed by atoms with van der Waals surface area (Å²) in [5, 5.41) is 3.03. The standard InChI is InChI=1S/C28H29NO2/c1-20-10-5-6-15-24(20)23-14-9-11-21(18-23)19-27(30)25-16-7-8-17-26(25)29-28(31)22-12-3-2-4-13-22/h5-11,14-18,22H,2-4,12-13,19H2,1H3,(H,29,31). The highest BCUT2D eigenvalue weighted by atomic mass is 16.2. The summed E-state index contributed by atoms with van der Waals surface area (Å²) in [5.41, 5.74) is 5.67. The molecule has 0 unspecified atom stereocenters. The monoisotopic (exact) mass is 411 g/mol. The van der Waals surface area contributed by atoms with E-state index in [4.69, 9.17) is 0 Å². The van der Waals surface area contributed by atoms with Crippen molar-refractivity contribution in [2.75, 3.05) is 5.32 Å². The predicted molar refractivity (Wildman–Crippen MR) is 126 cm³/mol. The number of carbonyl (C=O) groups excluding carboxylic acids is 2. The minimum absolute atomic E-state index is 0.0153. The molecule has 1 aliphatic carbocycles. The summed E-state index contributed by atoms with van der Waals surface area (Å²) in [7, 11) is 0. The fourth-order valence-corrected chi connectivity index (χ4v) is 4.46. The summed E-state index contributed by atoms with van der Waals surface area (Å²) >= 11 is 0. The first-order valence-corrected chi connectivity index (χ1v) is 11.2. The van der Waals surface area contributed by atoms with Crippen molar-refractivity contribution >= 4 is 17.4 Å². The molecular formula is C28H29NO2. The lowest BCUT2D eigenvalue weighted by Crippen LogP contribution is -2.25. The molecule has 0 heterocycles. The van der Waals surface area contributed by atoms with Gasteiger partial charge in [0.05, 0.1) is 5.69 Å². The topological polar surface area (TPSA) is 46.2 Å². The van der Waals surface area contributed by atoms with Crippen LogP contribution in [0, 0.1) is 12.8 Å². The zero-order chi connectivity index (χ0) is 21.6. The van der Waals surface area contributed by atoms with Crippen molar-refractivity contribution in [2.24, 2.45) is 5.92 Å². The SMILES string of the molecule is Cc1ccccc1-c1cccc(CC(=O)c2ccccc2NC(=O)C2CCCCC2)c1. The van der Waals surface area contributed by atoms with E-state index in [-0.39, 0.29) is 17.6 Å². The van der Waals surface area contributed by atoms with E-state index in [1.165, 1.54) is 17.5 Å². The number of carbonyl (C=O) groups is 2. The van der Waals surface area contributed by atoms with Gasteiger partial charge in [-0.1, -0.05) is 79.9 Å². The molecule has 1 fully saturated rings. The zero-order valence-electron chi connectivity index (χ0n) is 18.1. The van der Waals surface area contributed by atoms with Gasteiger partial charge >= 0.3 is 0 Å². The van der Waals surface area contributed by atoms with E-state index in [9.17, 15) is 9.59 Å². The predicted octanol–water partition coefficient (Wildman–Crippen LogP) is 6.61. The van der Waals surface area contributed by atoms with Gasteiger partial charge in [0, 0.05) is 17.9 Å². The van der Waals surface area contributed by atoms with Crippen molar-refractivity contribution in [1.82, 2.24) is 0 Å². The van der Waals surface area contributed by atoms with Crippen molar-refractivity contribution < 1.29 is 9.59 Å². The van der Waals surface area contributed by atoms with Crippen LogP contribution in [-0.2, 0) is 11.2 Å². The number of anilines is 1. The number of rotatable bonds is 6. The molecule has 31 heavy (non-hydrogen) atoms. The Kier molecular flexibility index (Phi) is 6.61. The zero-order valence-corrected chi connectivity index (χ0v) is 18.1. The highest BCUT2D eigenvalue weighted by Gasteiger charge is 2.22. The Balaban J connectivity index is 1.51. The molecule has 4 rings (SSSR count). The first-order valence-electron chi connectivity index (χ1n) is 11.2. The lowest BCUT2D eigenvalue weighted by molar-refractivity contribution is -0.120. The second-order valence-corrected chi connectivity index (χ2v) is 8.49. The van der Waals surface area contributed by atoms with E-state index < -0.39 is 0 Å². The van der Waals surface area contributed by atoms with Crippen molar-refractivity contribution in [3.8, 4) is 11.1 Å². The third kappa shape index (κ3) is 5.11. The number of hydrogen-bond acceptors (Lipinski definition) is 2. The van der Waals surface area contributed by atoms with Gasteiger partial charge in [-0.15, -0.1) is 0 Å². The molecule has 0 atom stereocenters. The van der Waals surface area contributed by atoms with Crippen LogP contribution >= 0.6 is 0 Å². The largest absolute Gasteiger partial charge is 0.325 e. The molecule has 3 aromatic rings. The molecule has 0 aromatic heterocycles. The molecule has 3 nitrogen and oxygen atoms in total. The number of nitrogens with one attached hydrogen (secondary N) is 1. The molecule has 0 aliphatic heterocycles. The Bertz CT molecular complexity index is 1080. The Morgan fingerprint density at radius 3 is 2.42 bits per heavy atom. The first-order chi connectivity index (χ1) is 15.1. The lowest BCUT2D eigenvalue weighted by Gasteiger charge is -2.21. The molecule has 3 heteroatoms. The van der Waals surface area contributed by atoms with Crippen molar-refractivity contribution in [3.63, 3.8) is 0 Å². The fraction of sp³-hybridized carbons (Fsp3) is 0.286. The lowest BCUT2D eigenvalue weighted by atomic mass is 9.88. The molecule has 0 spiro atoms. The number of aryl methyl sites for hydroxylation is 1. The van der Waals surface area contributed by atoms with Crippen LogP contribution in [0.5, 0.6) is 0 Å². The third-order valence-electron chi connectivity index (χ3n) is 6.21. The maximum atomic E-state index is 13.2. The molecule has 3 aromatic carbocycles. The van der Waals surface area contributed by atoms with E-state index >= 15 is 0 Å². The molecule has 1 N–H and O–H groups in total. The fourth-order valence-electron chi connectivity index (χ4n) is 4.46. The van der Waals surface area contributed by atoms with Crippen LogP contribution in [-0.4, -0.2) is 11.7 Å². The second-order valence-electron chi connectivity index (χ2n) is 8.49. The van der Waals surface area contributed by atoms with Gasteiger partial charge in [0.25, 0.3) is 0 Å². The molecule has 0 saturated heterocycles. The molecule has 1 saturated carbocycles. The summed E-state index contributed by atoms with van der Waals surface area (Å²) < 4.78 is 0. The Morgan fingerprint density at radius 1 is 0.871 bits per heavy atom. The van der Waals surface area contributed by atoms with Crippen LogP contribution in [0.4, 0.5) is 5.69 Å². The molecule has 158 valence electrons. The Morgan fingerprint density at radius 2 is 1.61 bits per heavy atom. The van der Waals surface area contributed by atoms with Gasteiger partial charge in [-0.05, 0) is 54.2 Å². The summed E-state index contributed by atoms with van der Waals surface area (Å²) in [4.78, 5) is 25.9. The average molecular weight is 412 g/mol. The molecular weight excluding hydrogens is 382 g/mol. The average Bonchev–Trinajstić information content (AvgIpc) is 2.80. The van der Waals surface area contributed by atoms with Gasteiger partial charge < -0.3 is 5.32 Å². The van der Waals surface area contributed by atoms with Crippen LogP contribution in [0.1, 0.15) is 53.6 Å². The van der Waals surface area contributed by atoms with Crippen LogP contribution in [0.2, 0.25) is 0 Å². The Hall–Kier alpha value is -3.20. The minimum atomic E-state index is 0.0153. The second kappa shape index (κ2) is 9.74. The van der Waals surface area contributed by atoms with Crippen LogP contribution < -0.4 is 5.32 Å². The Labute approximate surface area is 184 Å². The summed E-state index contributed by atoms with van der Waals surface area (Å²) in [6.45, 7) is 2.10. The molecule has 1 aliphatic rings.